The molecule has 3 aromatic carbocycles. The number of H-pyrrole nitrogens is 1. The molecule has 0 fully saturated rings. The van der Waals surface area contributed by atoms with E-state index in [9.17, 15) is 40.6 Å². The lowest BCUT2D eigenvalue weighted by atomic mass is 10.1. The van der Waals surface area contributed by atoms with Crippen LogP contribution in [0.25, 0.3) is 10.8 Å². The highest BCUT2D eigenvalue weighted by atomic mass is 32.2. The average molecular weight is 663 g/mol. The van der Waals surface area contributed by atoms with Crippen LogP contribution in [0.4, 0.5) is 29.0 Å². The summed E-state index contributed by atoms with van der Waals surface area (Å²) in [7, 11) is -9.97. The van der Waals surface area contributed by atoms with E-state index >= 15 is 0 Å². The Hall–Kier alpha value is -5.02. The van der Waals surface area contributed by atoms with Crippen LogP contribution in [0.1, 0.15) is 19.3 Å². The SMILES string of the molecule is NC(CCCCNc1nc(Nc2cc(S(=O)(=O)O)cc3cc(S(=O)(=O)O)c(N=Nc4ccccc4)c(O)c23)[nH]c(=O)n1)C(=O)O. The lowest BCUT2D eigenvalue weighted by Gasteiger charge is -2.15. The van der Waals surface area contributed by atoms with Crippen LogP contribution in [-0.2, 0) is 25.0 Å². The third kappa shape index (κ3) is 8.33. The molecule has 4 aromatic rings. The summed E-state index contributed by atoms with van der Waals surface area (Å²) in [6.45, 7) is 0.228. The molecule has 238 valence electrons. The number of aromatic nitrogens is 3. The molecule has 4 rings (SSSR count). The number of phenolic OH excluding ortho intramolecular Hbond substituents is 1. The summed E-state index contributed by atoms with van der Waals surface area (Å²) in [6, 6.07) is 9.51. The quantitative estimate of drug-likeness (QED) is 0.0579. The van der Waals surface area contributed by atoms with Crippen LogP contribution in [0.5, 0.6) is 5.75 Å². The van der Waals surface area contributed by atoms with Crippen molar-refractivity contribution in [1.82, 2.24) is 15.0 Å². The number of azo groups is 1. The van der Waals surface area contributed by atoms with Gasteiger partial charge in [0.1, 0.15) is 16.6 Å². The third-order valence-electron chi connectivity index (χ3n) is 6.17. The molecule has 0 amide bonds. The Morgan fingerprint density at radius 3 is 2.36 bits per heavy atom. The van der Waals surface area contributed by atoms with Crippen LogP contribution in [0.3, 0.4) is 0 Å². The summed E-state index contributed by atoms with van der Waals surface area (Å²) in [6.07, 6.45) is 1.11. The van der Waals surface area contributed by atoms with Crippen LogP contribution < -0.4 is 22.1 Å². The molecule has 1 unspecified atom stereocenters. The minimum absolute atomic E-state index is 0.172. The van der Waals surface area contributed by atoms with Gasteiger partial charge in [0.25, 0.3) is 20.2 Å². The number of nitrogens with one attached hydrogen (secondary N) is 3. The zero-order valence-corrected chi connectivity index (χ0v) is 24.6. The fourth-order valence-electron chi connectivity index (χ4n) is 4.07. The van der Waals surface area contributed by atoms with Crippen LogP contribution in [0, 0.1) is 0 Å². The maximum atomic E-state index is 12.3. The van der Waals surface area contributed by atoms with E-state index in [1.165, 1.54) is 12.1 Å². The number of aliphatic carboxylic acids is 1. The van der Waals surface area contributed by atoms with Crippen molar-refractivity contribution in [1.29, 1.82) is 0 Å². The maximum Gasteiger partial charge on any atom is 0.351 e. The Labute approximate surface area is 254 Å². The minimum Gasteiger partial charge on any atom is -0.505 e. The van der Waals surface area contributed by atoms with Gasteiger partial charge in [-0.05, 0) is 55.0 Å². The summed E-state index contributed by atoms with van der Waals surface area (Å²) in [5, 5.41) is 32.7. The fourth-order valence-corrected chi connectivity index (χ4v) is 5.27. The maximum absolute atomic E-state index is 12.3. The minimum atomic E-state index is -5.06. The molecule has 1 heterocycles. The average Bonchev–Trinajstić information content (AvgIpc) is 2.95. The number of aromatic hydroxyl groups is 1. The molecule has 0 spiro atoms. The molecular weight excluding hydrogens is 636 g/mol. The standard InChI is InChI=1S/C25H26N8O10S2/c26-16(22(35)36)8-4-5-9-27-23-29-24(31-25(37)30-23)28-17-12-15(44(38,39)40)10-13-11-18(45(41,42)43)20(21(34)19(13)17)33-32-14-6-2-1-3-7-14/h1-3,6-7,10-12,16,34H,4-5,8-9,26H2,(H,35,36)(H,38,39,40)(H,41,42,43)(H3,27,28,29,30,31,37). The van der Waals surface area contributed by atoms with Crippen molar-refractivity contribution in [2.45, 2.75) is 35.1 Å². The van der Waals surface area contributed by atoms with Crippen molar-refractivity contribution in [3.63, 3.8) is 0 Å². The van der Waals surface area contributed by atoms with Crippen LogP contribution in [0.15, 0.2) is 73.3 Å². The predicted octanol–water partition coefficient (Wildman–Crippen LogP) is 2.67. The second-order valence-electron chi connectivity index (χ2n) is 9.44. The number of hydrogen-bond acceptors (Lipinski definition) is 14. The van der Waals surface area contributed by atoms with Gasteiger partial charge in [0.05, 0.1) is 16.3 Å². The number of rotatable bonds is 13. The first-order valence-electron chi connectivity index (χ1n) is 12.9. The molecule has 9 N–H and O–H groups in total. The summed E-state index contributed by atoms with van der Waals surface area (Å²) in [4.78, 5) is 31.5. The molecule has 45 heavy (non-hydrogen) atoms. The topological polar surface area (TPSA) is 300 Å². The molecule has 0 saturated heterocycles. The van der Waals surface area contributed by atoms with Crippen LogP contribution in [-0.4, -0.2) is 69.7 Å². The number of carboxylic acids is 1. The second-order valence-corrected chi connectivity index (χ2v) is 12.3. The zero-order valence-electron chi connectivity index (χ0n) is 22.9. The highest BCUT2D eigenvalue weighted by molar-refractivity contribution is 7.86. The normalized spacial score (nSPS) is 12.8. The number of phenols is 1. The van der Waals surface area contributed by atoms with E-state index in [1.54, 1.807) is 18.2 Å². The van der Waals surface area contributed by atoms with Gasteiger partial charge >= 0.3 is 11.7 Å². The van der Waals surface area contributed by atoms with Gasteiger partial charge in [0.2, 0.25) is 11.9 Å². The number of fused-ring (bicyclic) bond motifs is 1. The second kappa shape index (κ2) is 13.3. The summed E-state index contributed by atoms with van der Waals surface area (Å²) in [5.74, 6) is -2.48. The van der Waals surface area contributed by atoms with E-state index in [4.69, 9.17) is 10.8 Å². The van der Waals surface area contributed by atoms with E-state index in [1.807, 2.05) is 0 Å². The van der Waals surface area contributed by atoms with E-state index in [2.05, 4.69) is 35.8 Å². The van der Waals surface area contributed by atoms with Gasteiger partial charge in [0.15, 0.2) is 5.75 Å². The van der Waals surface area contributed by atoms with Gasteiger partial charge in [0, 0.05) is 11.9 Å². The van der Waals surface area contributed by atoms with Gasteiger partial charge in [-0.2, -0.15) is 31.9 Å². The van der Waals surface area contributed by atoms with Gasteiger partial charge in [-0.25, -0.2) is 4.79 Å². The van der Waals surface area contributed by atoms with Crippen molar-refractivity contribution < 1.29 is 40.9 Å². The van der Waals surface area contributed by atoms with Crippen molar-refractivity contribution >= 4 is 65.9 Å². The largest absolute Gasteiger partial charge is 0.505 e. The molecule has 0 saturated carbocycles. The number of hydrogen-bond donors (Lipinski definition) is 8. The van der Waals surface area contributed by atoms with Crippen molar-refractivity contribution in [2.75, 3.05) is 17.2 Å². The smallest absolute Gasteiger partial charge is 0.351 e. The first-order valence-corrected chi connectivity index (χ1v) is 15.7. The molecule has 18 nitrogen and oxygen atoms in total. The van der Waals surface area contributed by atoms with Gasteiger partial charge in [-0.1, -0.05) is 18.2 Å². The Morgan fingerprint density at radius 2 is 1.71 bits per heavy atom. The zero-order chi connectivity index (χ0) is 32.9. The first-order chi connectivity index (χ1) is 21.1. The lowest BCUT2D eigenvalue weighted by molar-refractivity contribution is -0.138. The molecule has 0 aliphatic rings. The molecule has 1 aromatic heterocycles. The fraction of sp³-hybridized carbons (Fsp3) is 0.200. The number of carboxylic acid groups (broad SMARTS) is 1. The van der Waals surface area contributed by atoms with Crippen molar-refractivity contribution in [3.8, 4) is 5.75 Å². The van der Waals surface area contributed by atoms with E-state index < -0.39 is 59.2 Å². The number of benzene rings is 3. The molecule has 0 radical (unpaired) electrons. The van der Waals surface area contributed by atoms with Crippen LogP contribution >= 0.6 is 0 Å². The summed E-state index contributed by atoms with van der Waals surface area (Å²) >= 11 is 0. The Bertz CT molecular complexity index is 2050. The number of nitrogens with two attached hydrogens (primary N) is 1. The molecule has 1 atom stereocenters. The van der Waals surface area contributed by atoms with Crippen molar-refractivity contribution in [2.24, 2.45) is 16.0 Å². The van der Waals surface area contributed by atoms with Gasteiger partial charge in [-0.15, -0.1) is 5.11 Å². The van der Waals surface area contributed by atoms with Crippen molar-refractivity contribution in [3.05, 3.63) is 59.0 Å². The van der Waals surface area contributed by atoms with Crippen LogP contribution in [0.2, 0.25) is 0 Å². The molecule has 0 aliphatic carbocycles. The van der Waals surface area contributed by atoms with E-state index in [-0.39, 0.29) is 47.0 Å². The highest BCUT2D eigenvalue weighted by Crippen LogP contribution is 2.45. The summed E-state index contributed by atoms with van der Waals surface area (Å²) in [5.41, 5.74) is 3.85. The molecule has 20 heteroatoms. The third-order valence-corrected chi connectivity index (χ3v) is 7.87. The monoisotopic (exact) mass is 662 g/mol. The van der Waals surface area contributed by atoms with E-state index in [0.29, 0.717) is 12.8 Å². The Balaban J connectivity index is 1.78. The highest BCUT2D eigenvalue weighted by Gasteiger charge is 2.26. The predicted molar refractivity (Wildman–Crippen MR) is 160 cm³/mol. The van der Waals surface area contributed by atoms with E-state index in [0.717, 1.165) is 18.2 Å². The lowest BCUT2D eigenvalue weighted by Crippen LogP contribution is -2.29. The van der Waals surface area contributed by atoms with Gasteiger partial charge in [-0.3, -0.25) is 18.9 Å². The first kappa shape index (κ1) is 32.9. The molecular formula is C25H26N8O10S2. The Kier molecular flexibility index (Phi) is 9.73. The number of anilines is 3. The summed E-state index contributed by atoms with van der Waals surface area (Å²) < 4.78 is 68.2. The Morgan fingerprint density at radius 1 is 1.00 bits per heavy atom. The van der Waals surface area contributed by atoms with Gasteiger partial charge < -0.3 is 26.6 Å². The molecule has 0 bridgehead atoms. The number of aromatic amines is 1. The number of nitrogens with zero attached hydrogens (tertiary/aromatic N) is 4. The number of carbonyl (C=O) groups is 1. The number of unbranched alkanes of at least 4 members (excludes halogenated alkanes) is 1. The molecule has 0 aliphatic heterocycles.